The third-order valence-electron chi connectivity index (χ3n) is 3.55. The van der Waals surface area contributed by atoms with Gasteiger partial charge in [0.15, 0.2) is 11.2 Å². The molecule has 2 atom stereocenters. The van der Waals surface area contributed by atoms with Crippen LogP contribution in [0.25, 0.3) is 0 Å². The standard InChI is InChI=1S/C15H12F3N3OS2/c1-14(9-4-6-19-7-5-9)12(22)21-13(24-14)20-11(15(16,17)18)10-3-2-8-23-10/h2-8,11H,1H3,(H,20,21,22)/t11-,14?/m1/s1. The molecule has 1 N–H and O–H groups in total. The quantitative estimate of drug-likeness (QED) is 0.891. The lowest BCUT2D eigenvalue weighted by atomic mass is 10.0. The molecule has 1 fully saturated rings. The van der Waals surface area contributed by atoms with E-state index in [0.29, 0.717) is 5.56 Å². The zero-order valence-electron chi connectivity index (χ0n) is 12.4. The molecule has 1 saturated heterocycles. The summed E-state index contributed by atoms with van der Waals surface area (Å²) in [4.78, 5) is 20.1. The zero-order chi connectivity index (χ0) is 17.4. The number of amides is 1. The minimum atomic E-state index is -4.53. The fourth-order valence-corrected chi connectivity index (χ4v) is 4.14. The maximum atomic E-state index is 13.3. The van der Waals surface area contributed by atoms with E-state index in [1.54, 1.807) is 30.5 Å². The zero-order valence-corrected chi connectivity index (χ0v) is 14.0. The first-order valence-corrected chi connectivity index (χ1v) is 8.59. The van der Waals surface area contributed by atoms with Gasteiger partial charge in [-0.25, -0.2) is 4.99 Å². The summed E-state index contributed by atoms with van der Waals surface area (Å²) < 4.78 is 38.9. The second-order valence-electron chi connectivity index (χ2n) is 5.22. The minimum Gasteiger partial charge on any atom is -0.304 e. The highest BCUT2D eigenvalue weighted by Crippen LogP contribution is 2.44. The Bertz CT molecular complexity index is 762. The molecule has 3 rings (SSSR count). The lowest BCUT2D eigenvalue weighted by Gasteiger charge is -2.19. The fourth-order valence-electron chi connectivity index (χ4n) is 2.26. The number of alkyl halides is 3. The van der Waals surface area contributed by atoms with Crippen molar-refractivity contribution in [3.63, 3.8) is 0 Å². The number of thioether (sulfide) groups is 1. The molecule has 0 aliphatic carbocycles. The molecule has 3 heterocycles. The van der Waals surface area contributed by atoms with Crippen LogP contribution < -0.4 is 5.32 Å². The van der Waals surface area contributed by atoms with Crippen molar-refractivity contribution in [2.75, 3.05) is 0 Å². The van der Waals surface area contributed by atoms with E-state index in [2.05, 4.69) is 15.3 Å². The molecule has 24 heavy (non-hydrogen) atoms. The number of aromatic nitrogens is 1. The summed E-state index contributed by atoms with van der Waals surface area (Å²) >= 11 is 1.96. The first kappa shape index (κ1) is 17.0. The third-order valence-corrected chi connectivity index (χ3v) is 5.71. The molecule has 1 amide bonds. The molecule has 4 nitrogen and oxygen atoms in total. The van der Waals surface area contributed by atoms with Gasteiger partial charge < -0.3 is 5.32 Å². The monoisotopic (exact) mass is 371 g/mol. The maximum Gasteiger partial charge on any atom is 0.415 e. The molecule has 2 aromatic heterocycles. The molecule has 0 aromatic carbocycles. The number of carbonyl (C=O) groups excluding carboxylic acids is 1. The predicted molar refractivity (Wildman–Crippen MR) is 87.9 cm³/mol. The van der Waals surface area contributed by atoms with Gasteiger partial charge in [-0.05, 0) is 36.1 Å². The van der Waals surface area contributed by atoms with Crippen LogP contribution in [0, 0.1) is 0 Å². The van der Waals surface area contributed by atoms with Crippen molar-refractivity contribution >= 4 is 34.2 Å². The van der Waals surface area contributed by atoms with Crippen LogP contribution in [-0.4, -0.2) is 22.2 Å². The molecular formula is C15H12F3N3OS2. The molecule has 1 aliphatic rings. The van der Waals surface area contributed by atoms with Crippen LogP contribution in [0.15, 0.2) is 47.0 Å². The molecule has 0 radical (unpaired) electrons. The van der Waals surface area contributed by atoms with Gasteiger partial charge in [-0.3, -0.25) is 9.78 Å². The van der Waals surface area contributed by atoms with Gasteiger partial charge in [-0.15, -0.1) is 11.3 Å². The van der Waals surface area contributed by atoms with Crippen LogP contribution in [0.5, 0.6) is 0 Å². The van der Waals surface area contributed by atoms with Gasteiger partial charge in [0.05, 0.1) is 0 Å². The summed E-state index contributed by atoms with van der Waals surface area (Å²) in [5.74, 6) is -0.399. The van der Waals surface area contributed by atoms with E-state index in [0.717, 1.165) is 23.1 Å². The van der Waals surface area contributed by atoms with Crippen molar-refractivity contribution in [2.45, 2.75) is 23.9 Å². The number of nitrogens with zero attached hydrogens (tertiary/aromatic N) is 2. The van der Waals surface area contributed by atoms with Gasteiger partial charge in [0, 0.05) is 17.3 Å². The van der Waals surface area contributed by atoms with Crippen LogP contribution in [0.1, 0.15) is 23.4 Å². The first-order valence-electron chi connectivity index (χ1n) is 6.89. The van der Waals surface area contributed by atoms with E-state index in [-0.39, 0.29) is 10.0 Å². The Morgan fingerprint density at radius 3 is 2.58 bits per heavy atom. The Balaban J connectivity index is 1.93. The van der Waals surface area contributed by atoms with Gasteiger partial charge in [-0.2, -0.15) is 13.2 Å². The van der Waals surface area contributed by atoms with Gasteiger partial charge >= 0.3 is 6.18 Å². The summed E-state index contributed by atoms with van der Waals surface area (Å²) in [6.45, 7) is 1.65. The van der Waals surface area contributed by atoms with E-state index in [1.807, 2.05) is 0 Å². The van der Waals surface area contributed by atoms with Gasteiger partial charge in [-0.1, -0.05) is 17.8 Å². The first-order chi connectivity index (χ1) is 11.3. The molecule has 9 heteroatoms. The van der Waals surface area contributed by atoms with Crippen molar-refractivity contribution < 1.29 is 18.0 Å². The summed E-state index contributed by atoms with van der Waals surface area (Å²) in [6.07, 6.45) is -1.46. The van der Waals surface area contributed by atoms with Crippen LogP contribution in [0.4, 0.5) is 13.2 Å². The molecule has 1 unspecified atom stereocenters. The Kier molecular flexibility index (Phi) is 4.39. The van der Waals surface area contributed by atoms with Crippen molar-refractivity contribution in [3.8, 4) is 0 Å². The van der Waals surface area contributed by atoms with Crippen LogP contribution >= 0.6 is 23.1 Å². The SMILES string of the molecule is CC1(c2ccncc2)SC(=N[C@H](c2cccs2)C(F)(F)F)NC1=O. The molecule has 0 saturated carbocycles. The van der Waals surface area contributed by atoms with E-state index in [4.69, 9.17) is 0 Å². The van der Waals surface area contributed by atoms with E-state index >= 15 is 0 Å². The van der Waals surface area contributed by atoms with Crippen LogP contribution in [0.2, 0.25) is 0 Å². The highest BCUT2D eigenvalue weighted by molar-refractivity contribution is 8.15. The lowest BCUT2D eigenvalue weighted by molar-refractivity contribution is -0.147. The van der Waals surface area contributed by atoms with E-state index in [9.17, 15) is 18.0 Å². The number of thiophene rings is 1. The Hall–Kier alpha value is -1.87. The van der Waals surface area contributed by atoms with Gasteiger partial charge in [0.25, 0.3) is 0 Å². The number of aliphatic imine (C=N–C) groups is 1. The fraction of sp³-hybridized carbons (Fsp3) is 0.267. The topological polar surface area (TPSA) is 54.4 Å². The van der Waals surface area contributed by atoms with Crippen molar-refractivity contribution in [2.24, 2.45) is 4.99 Å². The average molecular weight is 371 g/mol. The Labute approximate surface area is 144 Å². The summed E-state index contributed by atoms with van der Waals surface area (Å²) in [7, 11) is 0. The van der Waals surface area contributed by atoms with Crippen molar-refractivity contribution in [1.82, 2.24) is 10.3 Å². The number of halogens is 3. The molecule has 1 aliphatic heterocycles. The van der Waals surface area contributed by atoms with Gasteiger partial charge in [0.1, 0.15) is 4.75 Å². The number of pyridine rings is 1. The number of hydrogen-bond donors (Lipinski definition) is 1. The van der Waals surface area contributed by atoms with Gasteiger partial charge in [0.2, 0.25) is 5.91 Å². The smallest absolute Gasteiger partial charge is 0.304 e. The predicted octanol–water partition coefficient (Wildman–Crippen LogP) is 3.88. The highest BCUT2D eigenvalue weighted by Gasteiger charge is 2.47. The van der Waals surface area contributed by atoms with Crippen molar-refractivity contribution in [1.29, 1.82) is 0 Å². The van der Waals surface area contributed by atoms with Crippen molar-refractivity contribution in [3.05, 3.63) is 52.5 Å². The largest absolute Gasteiger partial charge is 0.415 e. The minimum absolute atomic E-state index is 0.0324. The lowest BCUT2D eigenvalue weighted by Crippen LogP contribution is -2.32. The normalized spacial score (nSPS) is 24.2. The number of nitrogens with one attached hydrogen (secondary N) is 1. The van der Waals surface area contributed by atoms with Crippen LogP contribution in [-0.2, 0) is 9.54 Å². The number of rotatable bonds is 3. The average Bonchev–Trinajstić information content (AvgIpc) is 3.14. The number of amidine groups is 1. The Morgan fingerprint density at radius 1 is 1.29 bits per heavy atom. The molecule has 126 valence electrons. The molecule has 0 bridgehead atoms. The number of hydrogen-bond acceptors (Lipinski definition) is 5. The molecule has 2 aromatic rings. The molecular weight excluding hydrogens is 359 g/mol. The second-order valence-corrected chi connectivity index (χ2v) is 7.61. The van der Waals surface area contributed by atoms with E-state index < -0.39 is 22.9 Å². The Morgan fingerprint density at radius 2 is 2.00 bits per heavy atom. The maximum absolute atomic E-state index is 13.3. The molecule has 0 spiro atoms. The summed E-state index contributed by atoms with van der Waals surface area (Å²) in [5, 5.41) is 4.00. The number of carbonyl (C=O) groups is 1. The van der Waals surface area contributed by atoms with E-state index in [1.165, 1.54) is 18.5 Å². The summed E-state index contributed by atoms with van der Waals surface area (Å²) in [6, 6.07) is 4.27. The third kappa shape index (κ3) is 3.18. The highest BCUT2D eigenvalue weighted by atomic mass is 32.2. The van der Waals surface area contributed by atoms with Crippen LogP contribution in [0.3, 0.4) is 0 Å². The second kappa shape index (κ2) is 6.21. The summed E-state index contributed by atoms with van der Waals surface area (Å²) in [5.41, 5.74) is 0.657.